The maximum Gasteiger partial charge on any atom is 0.141 e. The maximum absolute atomic E-state index is 4.18. The molecular formula is C11H12BrN5. The summed E-state index contributed by atoms with van der Waals surface area (Å²) in [7, 11) is 4.01. The number of nitrogens with zero attached hydrogens (tertiary/aromatic N) is 5. The highest BCUT2D eigenvalue weighted by molar-refractivity contribution is 9.10. The Balaban J connectivity index is 2.21. The molecule has 0 radical (unpaired) electrons. The maximum atomic E-state index is 4.18. The second-order valence-electron chi connectivity index (χ2n) is 3.69. The van der Waals surface area contributed by atoms with Crippen molar-refractivity contribution in [1.29, 1.82) is 0 Å². The van der Waals surface area contributed by atoms with Crippen LogP contribution < -0.4 is 4.90 Å². The molecular weight excluding hydrogens is 282 g/mol. The van der Waals surface area contributed by atoms with E-state index in [1.165, 1.54) is 0 Å². The second kappa shape index (κ2) is 5.09. The molecule has 0 fully saturated rings. The van der Waals surface area contributed by atoms with Gasteiger partial charge in [0.1, 0.15) is 12.7 Å². The summed E-state index contributed by atoms with van der Waals surface area (Å²) >= 11 is 3.53. The van der Waals surface area contributed by atoms with Gasteiger partial charge in [-0.25, -0.2) is 4.68 Å². The van der Waals surface area contributed by atoms with E-state index in [0.717, 1.165) is 15.7 Å². The fourth-order valence-electron chi connectivity index (χ4n) is 1.35. The minimum absolute atomic E-state index is 1.01. The Hall–Kier alpha value is -1.69. The zero-order valence-corrected chi connectivity index (χ0v) is 11.2. The van der Waals surface area contributed by atoms with E-state index in [0.29, 0.717) is 0 Å². The Morgan fingerprint density at radius 3 is 2.59 bits per heavy atom. The van der Waals surface area contributed by atoms with E-state index in [-0.39, 0.29) is 0 Å². The summed E-state index contributed by atoms with van der Waals surface area (Å²) in [6.45, 7) is 0. The largest absolute Gasteiger partial charge is 0.377 e. The lowest BCUT2D eigenvalue weighted by Crippen LogP contribution is -2.09. The van der Waals surface area contributed by atoms with E-state index in [1.54, 1.807) is 23.5 Å². The summed E-state index contributed by atoms with van der Waals surface area (Å²) < 4.78 is 2.59. The van der Waals surface area contributed by atoms with Crippen LogP contribution in [0.5, 0.6) is 0 Å². The number of hydrogen-bond acceptors (Lipinski definition) is 4. The highest BCUT2D eigenvalue weighted by atomic mass is 79.9. The van der Waals surface area contributed by atoms with Crippen LogP contribution in [0, 0.1) is 0 Å². The van der Waals surface area contributed by atoms with Crippen LogP contribution in [0.2, 0.25) is 0 Å². The zero-order valence-electron chi connectivity index (χ0n) is 9.58. The van der Waals surface area contributed by atoms with Crippen molar-refractivity contribution in [1.82, 2.24) is 14.9 Å². The van der Waals surface area contributed by atoms with Gasteiger partial charge in [-0.1, -0.05) is 6.07 Å². The van der Waals surface area contributed by atoms with Gasteiger partial charge < -0.3 is 4.90 Å². The van der Waals surface area contributed by atoms with Crippen molar-refractivity contribution in [3.63, 3.8) is 0 Å². The van der Waals surface area contributed by atoms with Crippen molar-refractivity contribution >= 4 is 27.8 Å². The first-order valence-electron chi connectivity index (χ1n) is 5.02. The van der Waals surface area contributed by atoms with Crippen LogP contribution >= 0.6 is 15.9 Å². The average Bonchev–Trinajstić information content (AvgIpc) is 2.78. The lowest BCUT2D eigenvalue weighted by molar-refractivity contribution is 0.878. The summed E-state index contributed by atoms with van der Waals surface area (Å²) in [5, 5.41) is 11.5. The molecule has 17 heavy (non-hydrogen) atoms. The van der Waals surface area contributed by atoms with Crippen molar-refractivity contribution in [3.8, 4) is 0 Å². The fourth-order valence-corrected chi connectivity index (χ4v) is 2.11. The smallest absolute Gasteiger partial charge is 0.141 e. The standard InChI is InChI=1S/C11H12BrN5/c1-16(2)11-4-3-9(5-10(11)12)6-15-17-7-13-14-8-17/h3-8H,1-2H3/b15-6-. The molecule has 88 valence electrons. The minimum Gasteiger partial charge on any atom is -0.377 e. The molecule has 5 nitrogen and oxygen atoms in total. The minimum atomic E-state index is 1.01. The quantitative estimate of drug-likeness (QED) is 0.813. The fraction of sp³-hybridized carbons (Fsp3) is 0.182. The van der Waals surface area contributed by atoms with E-state index < -0.39 is 0 Å². The lowest BCUT2D eigenvalue weighted by Gasteiger charge is -2.14. The highest BCUT2D eigenvalue weighted by Gasteiger charge is 2.01. The number of anilines is 1. The molecule has 0 N–H and O–H groups in total. The van der Waals surface area contributed by atoms with E-state index in [1.807, 2.05) is 37.2 Å². The molecule has 0 atom stereocenters. The number of halogens is 1. The third kappa shape index (κ3) is 2.91. The van der Waals surface area contributed by atoms with Crippen LogP contribution in [-0.4, -0.2) is 35.2 Å². The van der Waals surface area contributed by atoms with Crippen molar-refractivity contribution in [3.05, 3.63) is 40.9 Å². The second-order valence-corrected chi connectivity index (χ2v) is 4.55. The SMILES string of the molecule is CN(C)c1ccc(/C=N\n2cnnc2)cc1Br. The number of rotatable bonds is 3. The van der Waals surface area contributed by atoms with Crippen molar-refractivity contribution in [2.75, 3.05) is 19.0 Å². The Bertz CT molecular complexity index is 519. The molecule has 0 aliphatic heterocycles. The van der Waals surface area contributed by atoms with E-state index in [2.05, 4.69) is 31.2 Å². The number of hydrogen-bond donors (Lipinski definition) is 0. The Kier molecular flexibility index (Phi) is 3.53. The van der Waals surface area contributed by atoms with Crippen molar-refractivity contribution in [2.24, 2.45) is 5.10 Å². The molecule has 1 heterocycles. The summed E-state index contributed by atoms with van der Waals surface area (Å²) in [5.41, 5.74) is 2.14. The Labute approximate surface area is 108 Å². The third-order valence-electron chi connectivity index (χ3n) is 2.20. The van der Waals surface area contributed by atoms with E-state index in [9.17, 15) is 0 Å². The molecule has 0 saturated heterocycles. The molecule has 0 bridgehead atoms. The number of aromatic nitrogens is 3. The van der Waals surface area contributed by atoms with Crippen LogP contribution in [-0.2, 0) is 0 Å². The first-order chi connectivity index (χ1) is 8.16. The summed E-state index contributed by atoms with van der Waals surface area (Å²) in [6, 6.07) is 6.06. The van der Waals surface area contributed by atoms with Gasteiger partial charge in [-0.3, -0.25) is 0 Å². The Morgan fingerprint density at radius 2 is 2.00 bits per heavy atom. The van der Waals surface area contributed by atoms with Crippen LogP contribution in [0.4, 0.5) is 5.69 Å². The van der Waals surface area contributed by atoms with E-state index >= 15 is 0 Å². The molecule has 2 aromatic rings. The zero-order chi connectivity index (χ0) is 12.3. The first-order valence-corrected chi connectivity index (χ1v) is 5.82. The lowest BCUT2D eigenvalue weighted by atomic mass is 10.2. The number of benzene rings is 1. The predicted octanol–water partition coefficient (Wildman–Crippen LogP) is 1.99. The van der Waals surface area contributed by atoms with Gasteiger partial charge in [0.15, 0.2) is 0 Å². The molecule has 0 spiro atoms. The summed E-state index contributed by atoms with van der Waals surface area (Å²) in [6.07, 6.45) is 4.84. The molecule has 0 saturated carbocycles. The van der Waals surface area contributed by atoms with Gasteiger partial charge in [0, 0.05) is 18.6 Å². The van der Waals surface area contributed by atoms with Gasteiger partial charge >= 0.3 is 0 Å². The van der Waals surface area contributed by atoms with Crippen molar-refractivity contribution < 1.29 is 0 Å². The van der Waals surface area contributed by atoms with Crippen molar-refractivity contribution in [2.45, 2.75) is 0 Å². The normalized spacial score (nSPS) is 11.0. The average molecular weight is 294 g/mol. The first kappa shape index (κ1) is 11.8. The third-order valence-corrected chi connectivity index (χ3v) is 2.84. The topological polar surface area (TPSA) is 46.3 Å². The van der Waals surface area contributed by atoms with Gasteiger partial charge in [-0.15, -0.1) is 10.2 Å². The monoisotopic (exact) mass is 293 g/mol. The van der Waals surface area contributed by atoms with Gasteiger partial charge in [0.25, 0.3) is 0 Å². The predicted molar refractivity (Wildman–Crippen MR) is 71.5 cm³/mol. The molecule has 0 unspecified atom stereocenters. The summed E-state index contributed by atoms with van der Waals surface area (Å²) in [4.78, 5) is 2.05. The van der Waals surface area contributed by atoms with Gasteiger partial charge in [-0.05, 0) is 33.6 Å². The van der Waals surface area contributed by atoms with Crippen LogP contribution in [0.15, 0.2) is 40.4 Å². The van der Waals surface area contributed by atoms with Crippen LogP contribution in [0.1, 0.15) is 5.56 Å². The molecule has 6 heteroatoms. The van der Waals surface area contributed by atoms with Gasteiger partial charge in [-0.2, -0.15) is 5.10 Å². The molecule has 2 rings (SSSR count). The van der Waals surface area contributed by atoms with Crippen LogP contribution in [0.3, 0.4) is 0 Å². The van der Waals surface area contributed by atoms with E-state index in [4.69, 9.17) is 0 Å². The van der Waals surface area contributed by atoms with Crippen LogP contribution in [0.25, 0.3) is 0 Å². The Morgan fingerprint density at radius 1 is 1.29 bits per heavy atom. The molecule has 1 aromatic carbocycles. The molecule has 1 aromatic heterocycles. The van der Waals surface area contributed by atoms with Gasteiger partial charge in [0.05, 0.1) is 11.9 Å². The molecule has 0 aliphatic carbocycles. The highest BCUT2D eigenvalue weighted by Crippen LogP contribution is 2.25. The molecule has 0 amide bonds. The summed E-state index contributed by atoms with van der Waals surface area (Å²) in [5.74, 6) is 0. The molecule has 0 aliphatic rings. The van der Waals surface area contributed by atoms with Gasteiger partial charge in [0.2, 0.25) is 0 Å².